The zero-order chi connectivity index (χ0) is 26.9. The summed E-state index contributed by atoms with van der Waals surface area (Å²) < 4.78 is 6.36. The summed E-state index contributed by atoms with van der Waals surface area (Å²) in [5.41, 5.74) is 6.44. The van der Waals surface area contributed by atoms with Crippen LogP contribution < -0.4 is 4.74 Å². The monoisotopic (exact) mass is 516 g/mol. The fraction of sp³-hybridized carbons (Fsp3) is 0.0526. The Morgan fingerprint density at radius 1 is 0.400 bits per heavy atom. The van der Waals surface area contributed by atoms with Gasteiger partial charge in [-0.3, -0.25) is 0 Å². The molecule has 0 atom stereocenters. The number of aliphatic hydroxyl groups is 1. The van der Waals surface area contributed by atoms with Crippen molar-refractivity contribution in [1.29, 1.82) is 0 Å². The molecule has 0 bridgehead atoms. The van der Waals surface area contributed by atoms with Gasteiger partial charge >= 0.3 is 0 Å². The van der Waals surface area contributed by atoms with Crippen molar-refractivity contribution in [2.75, 3.05) is 13.2 Å². The minimum absolute atomic E-state index is 0.0548. The predicted molar refractivity (Wildman–Crippen MR) is 168 cm³/mol. The fourth-order valence-electron chi connectivity index (χ4n) is 5.61. The Morgan fingerprint density at radius 2 is 0.800 bits per heavy atom. The number of fused-ring (bicyclic) bond motifs is 3. The highest BCUT2D eigenvalue weighted by Gasteiger charge is 2.18. The van der Waals surface area contributed by atoms with Gasteiger partial charge in [-0.15, -0.1) is 0 Å². The van der Waals surface area contributed by atoms with Gasteiger partial charge in [0.25, 0.3) is 0 Å². The molecule has 192 valence electrons. The maximum Gasteiger partial charge on any atom is 0.135 e. The highest BCUT2D eigenvalue weighted by Crippen LogP contribution is 2.44. The van der Waals surface area contributed by atoms with Gasteiger partial charge in [-0.25, -0.2) is 0 Å². The molecule has 40 heavy (non-hydrogen) atoms. The molecule has 0 aliphatic heterocycles. The van der Waals surface area contributed by atoms with E-state index in [0.717, 1.165) is 39.1 Å². The summed E-state index contributed by atoms with van der Waals surface area (Å²) >= 11 is 0. The molecule has 2 heteroatoms. The molecule has 7 aromatic carbocycles. The van der Waals surface area contributed by atoms with Crippen LogP contribution in [0, 0.1) is 0 Å². The smallest absolute Gasteiger partial charge is 0.135 e. The maximum absolute atomic E-state index is 9.74. The third-order valence-corrected chi connectivity index (χ3v) is 7.63. The molecule has 0 aliphatic carbocycles. The Kier molecular flexibility index (Phi) is 6.24. The van der Waals surface area contributed by atoms with Gasteiger partial charge in [0.15, 0.2) is 0 Å². The van der Waals surface area contributed by atoms with Crippen molar-refractivity contribution in [3.8, 4) is 39.1 Å². The highest BCUT2D eigenvalue weighted by molar-refractivity contribution is 5.96. The molecule has 7 aromatic rings. The third kappa shape index (κ3) is 4.49. The molecule has 1 N–H and O–H groups in total. The van der Waals surface area contributed by atoms with Gasteiger partial charge in [-0.2, -0.15) is 0 Å². The molecule has 0 aliphatic rings. The molecule has 0 aromatic heterocycles. The lowest BCUT2D eigenvalue weighted by molar-refractivity contribution is 0.202. The molecule has 0 saturated heterocycles. The summed E-state index contributed by atoms with van der Waals surface area (Å²) in [6.07, 6.45) is 0. The second-order valence-corrected chi connectivity index (χ2v) is 10.2. The lowest BCUT2D eigenvalue weighted by Crippen LogP contribution is -2.04. The van der Waals surface area contributed by atoms with Crippen molar-refractivity contribution in [1.82, 2.24) is 0 Å². The van der Waals surface area contributed by atoms with Crippen LogP contribution in [0.2, 0.25) is 0 Å². The van der Waals surface area contributed by atoms with Crippen molar-refractivity contribution >= 4 is 32.3 Å². The summed E-state index contributed by atoms with van der Waals surface area (Å²) in [6, 6.07) is 49.5. The molecule has 0 fully saturated rings. The number of aliphatic hydroxyl groups excluding tert-OH is 1. The van der Waals surface area contributed by atoms with E-state index in [1.807, 2.05) is 0 Å². The van der Waals surface area contributed by atoms with E-state index in [2.05, 4.69) is 140 Å². The molecule has 2 nitrogen and oxygen atoms in total. The van der Waals surface area contributed by atoms with Crippen LogP contribution in [0.3, 0.4) is 0 Å². The average molecular weight is 517 g/mol. The first-order chi connectivity index (χ1) is 19.8. The van der Waals surface area contributed by atoms with Gasteiger partial charge in [0, 0.05) is 11.1 Å². The molecule has 0 heterocycles. The van der Waals surface area contributed by atoms with Crippen LogP contribution in [0.5, 0.6) is 5.75 Å². The van der Waals surface area contributed by atoms with E-state index < -0.39 is 0 Å². The minimum atomic E-state index is -0.0548. The molecule has 0 saturated carbocycles. The van der Waals surface area contributed by atoms with E-state index in [-0.39, 0.29) is 13.2 Å². The number of benzene rings is 7. The molecule has 0 spiro atoms. The first kappa shape index (κ1) is 24.1. The average Bonchev–Trinajstić information content (AvgIpc) is 3.02. The summed E-state index contributed by atoms with van der Waals surface area (Å²) in [5.74, 6) is 0.782. The quantitative estimate of drug-likeness (QED) is 0.238. The van der Waals surface area contributed by atoms with E-state index in [1.54, 1.807) is 0 Å². The highest BCUT2D eigenvalue weighted by atomic mass is 16.5. The maximum atomic E-state index is 9.74. The Balaban J connectivity index is 1.51. The van der Waals surface area contributed by atoms with Crippen LogP contribution in [0.15, 0.2) is 140 Å². The summed E-state index contributed by atoms with van der Waals surface area (Å²) in [5, 5.41) is 16.9. The lowest BCUT2D eigenvalue weighted by atomic mass is 9.90. The van der Waals surface area contributed by atoms with Gasteiger partial charge in [0.05, 0.1) is 6.61 Å². The summed E-state index contributed by atoms with van der Waals surface area (Å²) in [4.78, 5) is 0. The Hall–Kier alpha value is -4.92. The molecule has 0 radical (unpaired) electrons. The first-order valence-electron chi connectivity index (χ1n) is 13.7. The van der Waals surface area contributed by atoms with Gasteiger partial charge < -0.3 is 9.84 Å². The topological polar surface area (TPSA) is 29.5 Å². The largest absolute Gasteiger partial charge is 0.490 e. The van der Waals surface area contributed by atoms with E-state index >= 15 is 0 Å². The molecule has 0 unspecified atom stereocenters. The van der Waals surface area contributed by atoms with Crippen LogP contribution in [0.1, 0.15) is 0 Å². The van der Waals surface area contributed by atoms with E-state index in [4.69, 9.17) is 4.74 Å². The van der Waals surface area contributed by atoms with Crippen LogP contribution in [0.4, 0.5) is 0 Å². The van der Waals surface area contributed by atoms with Gasteiger partial charge in [0.1, 0.15) is 12.4 Å². The SMILES string of the molecule is OCCOc1c(-c2ccc3ccccc3c2)cc(-c2ccc3ccccc3c2)cc1-c1ccc2ccccc2c1. The second-order valence-electron chi connectivity index (χ2n) is 10.2. The normalized spacial score (nSPS) is 11.3. The predicted octanol–water partition coefficient (Wildman–Crippen LogP) is 9.52. The van der Waals surface area contributed by atoms with Crippen LogP contribution in [0.25, 0.3) is 65.7 Å². The zero-order valence-electron chi connectivity index (χ0n) is 22.0. The van der Waals surface area contributed by atoms with Crippen molar-refractivity contribution in [3.05, 3.63) is 140 Å². The minimum Gasteiger partial charge on any atom is -0.490 e. The number of rotatable bonds is 6. The zero-order valence-corrected chi connectivity index (χ0v) is 22.0. The van der Waals surface area contributed by atoms with Crippen LogP contribution in [-0.4, -0.2) is 18.3 Å². The van der Waals surface area contributed by atoms with E-state index in [1.165, 1.54) is 32.3 Å². The molecular formula is C38H28O2. The number of hydrogen-bond donors (Lipinski definition) is 1. The Labute approximate surface area is 233 Å². The lowest BCUT2D eigenvalue weighted by Gasteiger charge is -2.19. The molecule has 0 amide bonds. The van der Waals surface area contributed by atoms with Crippen molar-refractivity contribution in [2.24, 2.45) is 0 Å². The summed E-state index contributed by atoms with van der Waals surface area (Å²) in [7, 11) is 0. The Bertz CT molecular complexity index is 1900. The van der Waals surface area contributed by atoms with Crippen LogP contribution >= 0.6 is 0 Å². The van der Waals surface area contributed by atoms with E-state index in [9.17, 15) is 5.11 Å². The molecular weight excluding hydrogens is 488 g/mol. The van der Waals surface area contributed by atoms with E-state index in [0.29, 0.717) is 0 Å². The first-order valence-corrected chi connectivity index (χ1v) is 13.7. The van der Waals surface area contributed by atoms with Gasteiger partial charge in [-0.05, 0) is 84.9 Å². The van der Waals surface area contributed by atoms with Gasteiger partial charge in [-0.1, -0.05) is 109 Å². The van der Waals surface area contributed by atoms with Crippen LogP contribution in [-0.2, 0) is 0 Å². The van der Waals surface area contributed by atoms with Crippen molar-refractivity contribution < 1.29 is 9.84 Å². The molecule has 7 rings (SSSR count). The van der Waals surface area contributed by atoms with Crippen molar-refractivity contribution in [3.63, 3.8) is 0 Å². The number of ether oxygens (including phenoxy) is 1. The van der Waals surface area contributed by atoms with Gasteiger partial charge in [0.2, 0.25) is 0 Å². The second kappa shape index (κ2) is 10.3. The Morgan fingerprint density at radius 3 is 1.25 bits per heavy atom. The standard InChI is InChI=1S/C38H28O2/c39-19-20-40-38-36(33-17-14-27-8-2-5-11-30(27)22-33)24-35(32-16-13-26-7-1-4-10-29(26)21-32)25-37(38)34-18-15-28-9-3-6-12-31(28)23-34/h1-18,21-25,39H,19-20H2. The van der Waals surface area contributed by atoms with Crippen molar-refractivity contribution in [2.45, 2.75) is 0 Å². The summed E-state index contributed by atoms with van der Waals surface area (Å²) in [6.45, 7) is 0.164. The fourth-order valence-corrected chi connectivity index (χ4v) is 5.61. The number of hydrogen-bond acceptors (Lipinski definition) is 2. The third-order valence-electron chi connectivity index (χ3n) is 7.63.